The van der Waals surface area contributed by atoms with Crippen molar-refractivity contribution in [3.63, 3.8) is 0 Å². The highest BCUT2D eigenvalue weighted by atomic mass is 19.3. The number of ether oxygens (including phenoxy) is 1. The van der Waals surface area contributed by atoms with Crippen LogP contribution in [0.4, 0.5) is 13.2 Å². The average Bonchev–Trinajstić information content (AvgIpc) is 2.25. The fraction of sp³-hybridized carbons (Fsp3) is 0.538. The van der Waals surface area contributed by atoms with Crippen LogP contribution in [0.2, 0.25) is 0 Å². The SMILES string of the molecule is CC(C)(O)C(C)(C)O[B]c1ccc(OC(F)F)cc1F. The number of hydrogen-bond acceptors (Lipinski definition) is 3. The number of alkyl halides is 2. The van der Waals surface area contributed by atoms with E-state index in [1.54, 1.807) is 27.7 Å². The van der Waals surface area contributed by atoms with E-state index in [-0.39, 0.29) is 11.2 Å². The second kappa shape index (κ2) is 6.05. The van der Waals surface area contributed by atoms with Gasteiger partial charge in [-0.15, -0.1) is 0 Å². The maximum absolute atomic E-state index is 13.7. The first-order valence-corrected chi connectivity index (χ1v) is 6.01. The number of rotatable bonds is 6. The van der Waals surface area contributed by atoms with E-state index in [1.165, 1.54) is 12.1 Å². The summed E-state index contributed by atoms with van der Waals surface area (Å²) in [6, 6.07) is 3.31. The van der Waals surface area contributed by atoms with Crippen LogP contribution in [-0.4, -0.2) is 30.4 Å². The maximum atomic E-state index is 13.7. The van der Waals surface area contributed by atoms with E-state index in [1.807, 2.05) is 0 Å². The minimum atomic E-state index is -3.00. The monoisotopic (exact) mass is 289 g/mol. The van der Waals surface area contributed by atoms with Crippen molar-refractivity contribution < 1.29 is 27.7 Å². The number of aliphatic hydroxyl groups is 1. The number of benzene rings is 1. The Hall–Kier alpha value is -1.21. The molecule has 7 heteroatoms. The van der Waals surface area contributed by atoms with Gasteiger partial charge in [-0.05, 0) is 39.2 Å². The molecule has 1 radical (unpaired) electrons. The summed E-state index contributed by atoms with van der Waals surface area (Å²) in [6.45, 7) is 3.42. The van der Waals surface area contributed by atoms with Gasteiger partial charge in [-0.3, -0.25) is 0 Å². The summed E-state index contributed by atoms with van der Waals surface area (Å²) in [5, 5.41) is 9.89. The predicted molar refractivity (Wildman–Crippen MR) is 69.9 cm³/mol. The van der Waals surface area contributed by atoms with Gasteiger partial charge >= 0.3 is 14.1 Å². The molecule has 0 saturated heterocycles. The van der Waals surface area contributed by atoms with Gasteiger partial charge in [0.2, 0.25) is 0 Å². The van der Waals surface area contributed by atoms with Gasteiger partial charge in [-0.2, -0.15) is 8.78 Å². The first kappa shape index (κ1) is 16.8. The van der Waals surface area contributed by atoms with Gasteiger partial charge in [0.1, 0.15) is 11.6 Å². The molecule has 0 bridgehead atoms. The van der Waals surface area contributed by atoms with Crippen LogP contribution >= 0.6 is 0 Å². The van der Waals surface area contributed by atoms with Crippen molar-refractivity contribution >= 4 is 12.9 Å². The van der Waals surface area contributed by atoms with Crippen LogP contribution in [0, 0.1) is 5.82 Å². The molecule has 0 aliphatic heterocycles. The van der Waals surface area contributed by atoms with Crippen LogP contribution in [0.1, 0.15) is 27.7 Å². The topological polar surface area (TPSA) is 38.7 Å². The Labute approximate surface area is 117 Å². The second-order valence-electron chi connectivity index (χ2n) is 5.37. The third-order valence-electron chi connectivity index (χ3n) is 3.15. The third-order valence-corrected chi connectivity index (χ3v) is 3.15. The molecule has 0 spiro atoms. The molecule has 3 nitrogen and oxygen atoms in total. The maximum Gasteiger partial charge on any atom is 0.387 e. The fourth-order valence-corrected chi connectivity index (χ4v) is 1.13. The highest BCUT2D eigenvalue weighted by Crippen LogP contribution is 2.24. The van der Waals surface area contributed by atoms with E-state index in [0.717, 1.165) is 13.5 Å². The minimum absolute atomic E-state index is 0.0731. The summed E-state index contributed by atoms with van der Waals surface area (Å²) in [5.41, 5.74) is -2.01. The third kappa shape index (κ3) is 4.42. The molecule has 0 heterocycles. The molecule has 1 aromatic carbocycles. The van der Waals surface area contributed by atoms with Gasteiger partial charge in [-0.1, -0.05) is 6.07 Å². The van der Waals surface area contributed by atoms with E-state index >= 15 is 0 Å². The molecule has 0 amide bonds. The van der Waals surface area contributed by atoms with E-state index in [2.05, 4.69) is 4.74 Å². The summed E-state index contributed by atoms with van der Waals surface area (Å²) in [7, 11) is 1.14. The molecule has 1 aromatic rings. The first-order chi connectivity index (χ1) is 9.03. The molecule has 111 valence electrons. The van der Waals surface area contributed by atoms with Crippen molar-refractivity contribution in [1.82, 2.24) is 0 Å². The Morgan fingerprint density at radius 3 is 2.25 bits per heavy atom. The standard InChI is InChI=1S/C13H17BF3O3/c1-12(2,18)13(3,4)20-14-9-6-5-8(7-10(9)15)19-11(16)17/h5-7,11,18H,1-4H3. The van der Waals surface area contributed by atoms with Crippen molar-refractivity contribution in [2.45, 2.75) is 45.5 Å². The van der Waals surface area contributed by atoms with Crippen LogP contribution in [0.25, 0.3) is 0 Å². The van der Waals surface area contributed by atoms with E-state index in [0.29, 0.717) is 0 Å². The molecule has 0 aliphatic rings. The lowest BCUT2D eigenvalue weighted by molar-refractivity contribution is -0.0893. The Balaban J connectivity index is 2.75. The Morgan fingerprint density at radius 1 is 1.20 bits per heavy atom. The smallest absolute Gasteiger partial charge is 0.387 e. The molecular formula is C13H17BF3O3. The molecule has 0 fully saturated rings. The van der Waals surface area contributed by atoms with Crippen molar-refractivity contribution in [3.05, 3.63) is 24.0 Å². The molecule has 0 saturated carbocycles. The van der Waals surface area contributed by atoms with Gasteiger partial charge in [0.05, 0.1) is 11.2 Å². The Kier molecular flexibility index (Phi) is 5.10. The second-order valence-corrected chi connectivity index (χ2v) is 5.37. The molecule has 0 atom stereocenters. The zero-order chi connectivity index (χ0) is 15.6. The van der Waals surface area contributed by atoms with Crippen molar-refractivity contribution in [1.29, 1.82) is 0 Å². The molecule has 1 rings (SSSR count). The Bertz CT molecular complexity index is 459. The normalized spacial score (nSPS) is 12.7. The van der Waals surface area contributed by atoms with Crippen molar-refractivity contribution in [2.24, 2.45) is 0 Å². The lowest BCUT2D eigenvalue weighted by Gasteiger charge is -2.37. The van der Waals surface area contributed by atoms with Gasteiger partial charge in [-0.25, -0.2) is 4.39 Å². The average molecular weight is 289 g/mol. The lowest BCUT2D eigenvalue weighted by atomic mass is 9.82. The van der Waals surface area contributed by atoms with Crippen LogP contribution in [0.15, 0.2) is 18.2 Å². The van der Waals surface area contributed by atoms with Crippen LogP contribution in [-0.2, 0) is 4.65 Å². The molecule has 20 heavy (non-hydrogen) atoms. The predicted octanol–water partition coefficient (Wildman–Crippen LogP) is 2.24. The van der Waals surface area contributed by atoms with Crippen molar-refractivity contribution in [3.8, 4) is 5.75 Å². The molecule has 0 aliphatic carbocycles. The quantitative estimate of drug-likeness (QED) is 0.816. The number of halogens is 3. The fourth-order valence-electron chi connectivity index (χ4n) is 1.13. The molecular weight excluding hydrogens is 272 g/mol. The highest BCUT2D eigenvalue weighted by molar-refractivity contribution is 6.47. The van der Waals surface area contributed by atoms with Crippen molar-refractivity contribution in [2.75, 3.05) is 0 Å². The highest BCUT2D eigenvalue weighted by Gasteiger charge is 2.35. The van der Waals surface area contributed by atoms with Crippen LogP contribution in [0.3, 0.4) is 0 Å². The zero-order valence-corrected chi connectivity index (χ0v) is 11.8. The number of hydrogen-bond donors (Lipinski definition) is 1. The molecule has 0 aromatic heterocycles. The summed E-state index contributed by atoms with van der Waals surface area (Å²) in [4.78, 5) is 0. The minimum Gasteiger partial charge on any atom is -0.435 e. The van der Waals surface area contributed by atoms with Crippen LogP contribution in [0.5, 0.6) is 5.75 Å². The van der Waals surface area contributed by atoms with Crippen LogP contribution < -0.4 is 10.2 Å². The summed E-state index contributed by atoms with van der Waals surface area (Å²) in [6.07, 6.45) is 0. The lowest BCUT2D eigenvalue weighted by Crippen LogP contribution is -2.49. The van der Waals surface area contributed by atoms with E-state index in [9.17, 15) is 18.3 Å². The summed E-state index contributed by atoms with van der Waals surface area (Å²) >= 11 is 0. The molecule has 1 N–H and O–H groups in total. The zero-order valence-electron chi connectivity index (χ0n) is 11.8. The molecule has 0 unspecified atom stereocenters. The first-order valence-electron chi connectivity index (χ1n) is 6.01. The van der Waals surface area contributed by atoms with Gasteiger partial charge in [0.15, 0.2) is 0 Å². The largest absolute Gasteiger partial charge is 0.435 e. The van der Waals surface area contributed by atoms with Gasteiger partial charge in [0.25, 0.3) is 0 Å². The van der Waals surface area contributed by atoms with E-state index in [4.69, 9.17) is 4.65 Å². The summed E-state index contributed by atoms with van der Waals surface area (Å²) < 4.78 is 47.1. The summed E-state index contributed by atoms with van der Waals surface area (Å²) in [5.74, 6) is -1.02. The van der Waals surface area contributed by atoms with Gasteiger partial charge in [0, 0.05) is 6.07 Å². The van der Waals surface area contributed by atoms with E-state index < -0.39 is 23.6 Å². The Morgan fingerprint density at radius 2 is 1.80 bits per heavy atom. The van der Waals surface area contributed by atoms with Gasteiger partial charge < -0.3 is 14.5 Å².